The van der Waals surface area contributed by atoms with Crippen molar-refractivity contribution in [2.24, 2.45) is 0 Å². The van der Waals surface area contributed by atoms with Crippen molar-refractivity contribution >= 4 is 16.9 Å². The van der Waals surface area contributed by atoms with E-state index in [1.54, 1.807) is 21.3 Å². The molecule has 0 amide bonds. The van der Waals surface area contributed by atoms with Gasteiger partial charge >= 0.3 is 8.80 Å². The van der Waals surface area contributed by atoms with Crippen molar-refractivity contribution in [3.63, 3.8) is 0 Å². The van der Waals surface area contributed by atoms with Gasteiger partial charge in [-0.1, -0.05) is 25.7 Å². The zero-order valence-corrected chi connectivity index (χ0v) is 15.0. The fourth-order valence-corrected chi connectivity index (χ4v) is 4.81. The second-order valence-electron chi connectivity index (χ2n) is 5.81. The van der Waals surface area contributed by atoms with Crippen molar-refractivity contribution in [3.05, 3.63) is 0 Å². The molecule has 0 spiro atoms. The van der Waals surface area contributed by atoms with Crippen LogP contribution in [0, 0.1) is 0 Å². The van der Waals surface area contributed by atoms with Gasteiger partial charge in [-0.3, -0.25) is 0 Å². The second kappa shape index (κ2) is 9.22. The molecule has 0 aliphatic carbocycles. The van der Waals surface area contributed by atoms with Gasteiger partial charge in [-0.15, -0.1) is 0 Å². The SMILES string of the molecule is CO[Si](CCCNCCC[Si](C)(C)C)(OC)OC. The molecule has 0 aliphatic heterocycles. The van der Waals surface area contributed by atoms with E-state index < -0.39 is 16.9 Å². The Kier molecular flexibility index (Phi) is 9.36. The third kappa shape index (κ3) is 8.39. The normalized spacial score (nSPS) is 13.0. The van der Waals surface area contributed by atoms with Gasteiger partial charge < -0.3 is 18.6 Å². The van der Waals surface area contributed by atoms with Crippen LogP contribution >= 0.6 is 0 Å². The van der Waals surface area contributed by atoms with Crippen molar-refractivity contribution in [1.82, 2.24) is 5.32 Å². The maximum absolute atomic E-state index is 5.38. The Hall–Kier alpha value is 0.274. The molecule has 0 radical (unpaired) electrons. The first-order valence-corrected chi connectivity index (χ1v) is 12.4. The van der Waals surface area contributed by atoms with E-state index in [2.05, 4.69) is 25.0 Å². The van der Waals surface area contributed by atoms with E-state index in [0.717, 1.165) is 25.6 Å². The Labute approximate surface area is 115 Å². The van der Waals surface area contributed by atoms with Crippen LogP contribution in [0.4, 0.5) is 0 Å². The molecule has 0 rings (SSSR count). The average Bonchev–Trinajstić information content (AvgIpc) is 2.32. The quantitative estimate of drug-likeness (QED) is 0.469. The minimum atomic E-state index is -2.35. The molecule has 1 N–H and O–H groups in total. The topological polar surface area (TPSA) is 39.7 Å². The number of rotatable bonds is 11. The van der Waals surface area contributed by atoms with Gasteiger partial charge in [-0.05, 0) is 25.9 Å². The molecule has 6 heteroatoms. The predicted molar refractivity (Wildman–Crippen MR) is 81.8 cm³/mol. The van der Waals surface area contributed by atoms with E-state index in [9.17, 15) is 0 Å². The molecule has 0 unspecified atom stereocenters. The first-order chi connectivity index (χ1) is 8.39. The monoisotopic (exact) mass is 293 g/mol. The summed E-state index contributed by atoms with van der Waals surface area (Å²) in [6.07, 6.45) is 2.33. The highest BCUT2D eigenvalue weighted by Crippen LogP contribution is 2.14. The molecule has 0 aliphatic rings. The molecule has 0 aromatic heterocycles. The summed E-state index contributed by atoms with van der Waals surface area (Å²) in [7, 11) is 1.79. The van der Waals surface area contributed by atoms with E-state index in [-0.39, 0.29) is 0 Å². The fourth-order valence-electron chi connectivity index (χ4n) is 1.85. The van der Waals surface area contributed by atoms with Gasteiger partial charge in [0.1, 0.15) is 0 Å². The maximum Gasteiger partial charge on any atom is 0.500 e. The Morgan fingerprint density at radius 2 is 1.22 bits per heavy atom. The highest BCUT2D eigenvalue weighted by atomic mass is 28.4. The summed E-state index contributed by atoms with van der Waals surface area (Å²) in [4.78, 5) is 0. The van der Waals surface area contributed by atoms with Crippen LogP contribution < -0.4 is 5.32 Å². The highest BCUT2D eigenvalue weighted by Gasteiger charge is 2.36. The van der Waals surface area contributed by atoms with Crippen LogP contribution in [0.25, 0.3) is 0 Å². The number of nitrogens with one attached hydrogen (secondary N) is 1. The van der Waals surface area contributed by atoms with Crippen molar-refractivity contribution in [1.29, 1.82) is 0 Å². The standard InChI is InChI=1S/C12H31NO3Si2/c1-14-18(15-2,16-3)12-8-10-13-9-7-11-17(4,5)6/h13H,7-12H2,1-6H3. The van der Waals surface area contributed by atoms with E-state index in [1.807, 2.05) is 0 Å². The van der Waals surface area contributed by atoms with Crippen LogP contribution in [0.1, 0.15) is 12.8 Å². The largest absolute Gasteiger partial charge is 0.500 e. The molecule has 0 saturated heterocycles. The van der Waals surface area contributed by atoms with Crippen molar-refractivity contribution in [2.75, 3.05) is 34.4 Å². The molecule has 18 heavy (non-hydrogen) atoms. The third-order valence-corrected chi connectivity index (χ3v) is 7.74. The zero-order chi connectivity index (χ0) is 14.1. The van der Waals surface area contributed by atoms with E-state index in [1.165, 1.54) is 12.5 Å². The van der Waals surface area contributed by atoms with Gasteiger partial charge in [0.15, 0.2) is 0 Å². The zero-order valence-electron chi connectivity index (χ0n) is 13.0. The molecular formula is C12H31NO3Si2. The van der Waals surface area contributed by atoms with Gasteiger partial charge in [-0.25, -0.2) is 0 Å². The molecular weight excluding hydrogens is 262 g/mol. The minimum absolute atomic E-state index is 0.866. The van der Waals surface area contributed by atoms with Crippen LogP contribution in [-0.4, -0.2) is 51.3 Å². The lowest BCUT2D eigenvalue weighted by Gasteiger charge is -2.24. The van der Waals surface area contributed by atoms with E-state index >= 15 is 0 Å². The number of hydrogen-bond acceptors (Lipinski definition) is 4. The predicted octanol–water partition coefficient (Wildman–Crippen LogP) is 2.57. The van der Waals surface area contributed by atoms with Crippen molar-refractivity contribution < 1.29 is 13.3 Å². The van der Waals surface area contributed by atoms with Gasteiger partial charge in [0.05, 0.1) is 0 Å². The van der Waals surface area contributed by atoms with E-state index in [0.29, 0.717) is 0 Å². The molecule has 4 nitrogen and oxygen atoms in total. The average molecular weight is 294 g/mol. The first kappa shape index (κ1) is 18.3. The lowest BCUT2D eigenvalue weighted by atomic mass is 10.4. The summed E-state index contributed by atoms with van der Waals surface area (Å²) < 4.78 is 16.1. The highest BCUT2D eigenvalue weighted by molar-refractivity contribution is 6.76. The fraction of sp³-hybridized carbons (Fsp3) is 1.00. The molecule has 0 bridgehead atoms. The molecule has 0 saturated carbocycles. The smallest absolute Gasteiger partial charge is 0.377 e. The minimum Gasteiger partial charge on any atom is -0.377 e. The molecule has 0 heterocycles. The van der Waals surface area contributed by atoms with Crippen LogP contribution in [0.3, 0.4) is 0 Å². The summed E-state index contributed by atoms with van der Waals surface area (Å²) in [5, 5.41) is 3.48. The van der Waals surface area contributed by atoms with Gasteiger partial charge in [0.2, 0.25) is 0 Å². The summed E-state index contributed by atoms with van der Waals surface area (Å²) in [6, 6.07) is 2.27. The molecule has 0 aromatic carbocycles. The van der Waals surface area contributed by atoms with Gasteiger partial charge in [0.25, 0.3) is 0 Å². The maximum atomic E-state index is 5.38. The summed E-state index contributed by atoms with van der Waals surface area (Å²) >= 11 is 0. The van der Waals surface area contributed by atoms with Crippen LogP contribution in [0.15, 0.2) is 0 Å². The Balaban J connectivity index is 3.56. The van der Waals surface area contributed by atoms with Crippen molar-refractivity contribution in [2.45, 2.75) is 44.6 Å². The van der Waals surface area contributed by atoms with Crippen molar-refractivity contribution in [3.8, 4) is 0 Å². The van der Waals surface area contributed by atoms with E-state index in [4.69, 9.17) is 13.3 Å². The number of hydrogen-bond donors (Lipinski definition) is 1. The summed E-state index contributed by atoms with van der Waals surface area (Å²) in [6.45, 7) is 9.39. The Bertz CT molecular complexity index is 198. The van der Waals surface area contributed by atoms with Crippen LogP contribution in [0.2, 0.25) is 31.7 Å². The third-order valence-electron chi connectivity index (χ3n) is 3.05. The van der Waals surface area contributed by atoms with Crippen LogP contribution in [0.5, 0.6) is 0 Å². The summed E-state index contributed by atoms with van der Waals surface area (Å²) in [5.41, 5.74) is 0. The molecule has 0 aromatic rings. The molecule has 110 valence electrons. The van der Waals surface area contributed by atoms with Gasteiger partial charge in [0, 0.05) is 35.4 Å². The van der Waals surface area contributed by atoms with Crippen LogP contribution in [-0.2, 0) is 13.3 Å². The van der Waals surface area contributed by atoms with Gasteiger partial charge in [-0.2, -0.15) is 0 Å². The molecule has 0 atom stereocenters. The second-order valence-corrected chi connectivity index (χ2v) is 14.5. The first-order valence-electron chi connectivity index (χ1n) is 6.75. The lowest BCUT2D eigenvalue weighted by Crippen LogP contribution is -2.43. The molecule has 0 fully saturated rings. The Morgan fingerprint density at radius 3 is 1.61 bits per heavy atom. The summed E-state index contributed by atoms with van der Waals surface area (Å²) in [5.74, 6) is 0. The lowest BCUT2D eigenvalue weighted by molar-refractivity contribution is 0.123. The Morgan fingerprint density at radius 1 is 0.778 bits per heavy atom.